The van der Waals surface area contributed by atoms with Crippen molar-refractivity contribution in [3.8, 4) is 0 Å². The number of hydrogen-bond acceptors (Lipinski definition) is 6. The molecule has 3 rings (SSSR count). The van der Waals surface area contributed by atoms with E-state index in [2.05, 4.69) is 10.6 Å². The van der Waals surface area contributed by atoms with Gasteiger partial charge in [0.25, 0.3) is 5.91 Å². The molecule has 2 aliphatic rings. The van der Waals surface area contributed by atoms with Crippen molar-refractivity contribution in [2.24, 2.45) is 5.73 Å². The molecule has 3 amide bonds. The molecule has 180 valence electrons. The Hall–Kier alpha value is -3.10. The second kappa shape index (κ2) is 10.2. The van der Waals surface area contributed by atoms with Crippen molar-refractivity contribution in [2.45, 2.75) is 89.6 Å². The Balaban J connectivity index is 1.68. The van der Waals surface area contributed by atoms with Crippen molar-refractivity contribution in [2.75, 3.05) is 5.32 Å². The molecule has 0 saturated heterocycles. The number of alkyl carbamates (subject to hydrolysis) is 1. The molecular weight excluding hydrogens is 424 g/mol. The average Bonchev–Trinajstić information content (AvgIpc) is 3.04. The van der Waals surface area contributed by atoms with Crippen LogP contribution in [0.1, 0.15) is 75.2 Å². The van der Waals surface area contributed by atoms with Gasteiger partial charge in [-0.1, -0.05) is 6.07 Å². The molecule has 1 aromatic rings. The predicted octanol–water partition coefficient (Wildman–Crippen LogP) is 2.72. The van der Waals surface area contributed by atoms with E-state index in [1.165, 1.54) is 4.90 Å². The number of benzene rings is 1. The number of nitrogens with one attached hydrogen (secondary N) is 2. The highest BCUT2D eigenvalue weighted by molar-refractivity contribution is 6.02. The molecule has 1 aliphatic heterocycles. The van der Waals surface area contributed by atoms with Crippen LogP contribution in [0.5, 0.6) is 0 Å². The summed E-state index contributed by atoms with van der Waals surface area (Å²) in [7, 11) is 0. The minimum absolute atomic E-state index is 0.00331. The Morgan fingerprint density at radius 1 is 1.27 bits per heavy atom. The van der Waals surface area contributed by atoms with Gasteiger partial charge in [-0.15, -0.1) is 0 Å². The van der Waals surface area contributed by atoms with Crippen LogP contribution in [0, 0.1) is 0 Å². The van der Waals surface area contributed by atoms with Crippen LogP contribution in [0.25, 0.3) is 0 Å². The number of carbonyl (C=O) groups excluding carboxylic acids is 4. The number of primary amides is 1. The lowest BCUT2D eigenvalue weighted by Crippen LogP contribution is -2.45. The van der Waals surface area contributed by atoms with E-state index in [0.29, 0.717) is 5.56 Å². The molecule has 9 heteroatoms. The third kappa shape index (κ3) is 6.24. The van der Waals surface area contributed by atoms with Gasteiger partial charge in [-0.05, 0) is 65.0 Å². The number of nitrogens with zero attached hydrogens (tertiary/aromatic N) is 1. The molecule has 0 bridgehead atoms. The van der Waals surface area contributed by atoms with Crippen molar-refractivity contribution >= 4 is 29.9 Å². The first-order chi connectivity index (χ1) is 15.6. The second-order valence-corrected chi connectivity index (χ2v) is 9.78. The molecule has 1 fully saturated rings. The summed E-state index contributed by atoms with van der Waals surface area (Å²) in [6, 6.07) is 4.78. The SMILES string of the molecule is CC(C)(C)OC(=O)NC1CCCC(Nc2cccc3c2CN(C(CCC=O)C(N)=O)C3=O)C1. The third-order valence-corrected chi connectivity index (χ3v) is 6.01. The zero-order valence-corrected chi connectivity index (χ0v) is 19.6. The lowest BCUT2D eigenvalue weighted by Gasteiger charge is -2.32. The van der Waals surface area contributed by atoms with Crippen LogP contribution < -0.4 is 16.4 Å². The van der Waals surface area contributed by atoms with Gasteiger partial charge < -0.3 is 30.8 Å². The second-order valence-electron chi connectivity index (χ2n) is 9.78. The zero-order valence-electron chi connectivity index (χ0n) is 19.6. The minimum Gasteiger partial charge on any atom is -0.444 e. The molecule has 0 radical (unpaired) electrons. The number of anilines is 1. The first-order valence-corrected chi connectivity index (χ1v) is 11.5. The molecule has 4 N–H and O–H groups in total. The highest BCUT2D eigenvalue weighted by atomic mass is 16.6. The molecule has 9 nitrogen and oxygen atoms in total. The largest absolute Gasteiger partial charge is 0.444 e. The van der Waals surface area contributed by atoms with Crippen LogP contribution in [0.3, 0.4) is 0 Å². The van der Waals surface area contributed by atoms with Crippen LogP contribution in [0.15, 0.2) is 18.2 Å². The fraction of sp³-hybridized carbons (Fsp3) is 0.583. The maximum atomic E-state index is 13.0. The van der Waals surface area contributed by atoms with Gasteiger partial charge in [0.1, 0.15) is 17.9 Å². The molecule has 1 aliphatic carbocycles. The molecule has 1 aromatic carbocycles. The standard InChI is InChI=1S/C24H34N4O5/c1-24(2,3)33-23(32)27-16-8-4-7-15(13-16)26-19-10-5-9-17-18(19)14-28(22(17)31)20(21(25)30)11-6-12-29/h5,9-10,12,15-16,20,26H,4,6-8,11,13-14H2,1-3H3,(H2,25,30)(H,27,32). The number of nitrogens with two attached hydrogens (primary N) is 1. The maximum Gasteiger partial charge on any atom is 0.407 e. The van der Waals surface area contributed by atoms with Gasteiger partial charge in [-0.3, -0.25) is 9.59 Å². The summed E-state index contributed by atoms with van der Waals surface area (Å²) >= 11 is 0. The molecule has 3 unspecified atom stereocenters. The van der Waals surface area contributed by atoms with E-state index in [4.69, 9.17) is 10.5 Å². The minimum atomic E-state index is -0.819. The van der Waals surface area contributed by atoms with Crippen LogP contribution in [0.4, 0.5) is 10.5 Å². The lowest BCUT2D eigenvalue weighted by atomic mass is 9.90. The van der Waals surface area contributed by atoms with Crippen LogP contribution >= 0.6 is 0 Å². The van der Waals surface area contributed by atoms with Gasteiger partial charge in [0.05, 0.1) is 0 Å². The maximum absolute atomic E-state index is 13.0. The Bertz CT molecular complexity index is 911. The number of carbonyl (C=O) groups is 4. The van der Waals surface area contributed by atoms with E-state index >= 15 is 0 Å². The van der Waals surface area contributed by atoms with Crippen LogP contribution in [0.2, 0.25) is 0 Å². The molecule has 0 spiro atoms. The normalized spacial score (nSPS) is 21.2. The van der Waals surface area contributed by atoms with Crippen LogP contribution in [-0.2, 0) is 20.9 Å². The fourth-order valence-electron chi connectivity index (χ4n) is 4.57. The Morgan fingerprint density at radius 2 is 2.00 bits per heavy atom. The monoisotopic (exact) mass is 458 g/mol. The summed E-state index contributed by atoms with van der Waals surface area (Å²) in [5.41, 5.74) is 7.18. The van der Waals surface area contributed by atoms with Crippen molar-refractivity contribution in [3.63, 3.8) is 0 Å². The van der Waals surface area contributed by atoms with Crippen molar-refractivity contribution in [1.82, 2.24) is 10.2 Å². The van der Waals surface area contributed by atoms with Crippen molar-refractivity contribution in [3.05, 3.63) is 29.3 Å². The molecular formula is C24H34N4O5. The van der Waals surface area contributed by atoms with Gasteiger partial charge in [-0.2, -0.15) is 0 Å². The third-order valence-electron chi connectivity index (χ3n) is 6.01. The van der Waals surface area contributed by atoms with E-state index in [0.717, 1.165) is 43.2 Å². The average molecular weight is 459 g/mol. The van der Waals surface area contributed by atoms with E-state index in [1.807, 2.05) is 32.9 Å². The fourth-order valence-corrected chi connectivity index (χ4v) is 4.57. The van der Waals surface area contributed by atoms with Gasteiger partial charge in [-0.25, -0.2) is 4.79 Å². The predicted molar refractivity (Wildman–Crippen MR) is 124 cm³/mol. The van der Waals surface area contributed by atoms with E-state index < -0.39 is 23.6 Å². The van der Waals surface area contributed by atoms with Crippen molar-refractivity contribution in [1.29, 1.82) is 0 Å². The lowest BCUT2D eigenvalue weighted by molar-refractivity contribution is -0.122. The van der Waals surface area contributed by atoms with E-state index in [-0.39, 0.29) is 37.4 Å². The number of fused-ring (bicyclic) bond motifs is 1. The van der Waals surface area contributed by atoms with Gasteiger partial charge in [0, 0.05) is 41.9 Å². The molecule has 0 aromatic heterocycles. The molecule has 1 heterocycles. The quantitative estimate of drug-likeness (QED) is 0.514. The summed E-state index contributed by atoms with van der Waals surface area (Å²) in [6.07, 6.45) is 4.20. The first-order valence-electron chi connectivity index (χ1n) is 11.5. The van der Waals surface area contributed by atoms with Crippen LogP contribution in [-0.4, -0.2) is 52.8 Å². The first kappa shape index (κ1) is 24.5. The number of rotatable bonds is 8. The zero-order chi connectivity index (χ0) is 24.2. The Labute approximate surface area is 194 Å². The summed E-state index contributed by atoms with van der Waals surface area (Å²) in [4.78, 5) is 49.3. The highest BCUT2D eigenvalue weighted by Crippen LogP contribution is 2.33. The van der Waals surface area contributed by atoms with Crippen molar-refractivity contribution < 1.29 is 23.9 Å². The smallest absolute Gasteiger partial charge is 0.407 e. The van der Waals surface area contributed by atoms with Gasteiger partial charge in [0.2, 0.25) is 5.91 Å². The Kier molecular flexibility index (Phi) is 7.61. The number of aldehydes is 1. The number of hydrogen-bond donors (Lipinski definition) is 3. The van der Waals surface area contributed by atoms with Gasteiger partial charge >= 0.3 is 6.09 Å². The number of amides is 3. The van der Waals surface area contributed by atoms with Gasteiger partial charge in [0.15, 0.2) is 0 Å². The van der Waals surface area contributed by atoms with E-state index in [9.17, 15) is 19.2 Å². The Morgan fingerprint density at radius 3 is 2.67 bits per heavy atom. The number of ether oxygens (including phenoxy) is 1. The topological polar surface area (TPSA) is 131 Å². The summed E-state index contributed by atoms with van der Waals surface area (Å²) < 4.78 is 5.37. The molecule has 3 atom stereocenters. The molecule has 1 saturated carbocycles. The van der Waals surface area contributed by atoms with E-state index in [1.54, 1.807) is 6.07 Å². The highest BCUT2D eigenvalue weighted by Gasteiger charge is 2.37. The molecule has 33 heavy (non-hydrogen) atoms. The summed E-state index contributed by atoms with van der Waals surface area (Å²) in [5, 5.41) is 6.50. The summed E-state index contributed by atoms with van der Waals surface area (Å²) in [6.45, 7) is 5.76. The summed E-state index contributed by atoms with van der Waals surface area (Å²) in [5.74, 6) is -0.868.